The van der Waals surface area contributed by atoms with Crippen molar-refractivity contribution in [3.63, 3.8) is 0 Å². The van der Waals surface area contributed by atoms with Gasteiger partial charge in [-0.15, -0.1) is 0 Å². The van der Waals surface area contributed by atoms with Gasteiger partial charge in [-0.25, -0.2) is 0 Å². The molecular formula is C9H7NOPb. The van der Waals surface area contributed by atoms with Gasteiger partial charge in [0.05, 0.1) is 0 Å². The SMILES string of the molecule is Oc1cccc2cccnc12.[Pb]. The number of aromatic nitrogens is 1. The molecule has 4 radical (unpaired) electrons. The van der Waals surface area contributed by atoms with Crippen molar-refractivity contribution in [3.8, 4) is 5.75 Å². The number of nitrogens with zero attached hydrogens (tertiary/aromatic N) is 1. The Morgan fingerprint density at radius 3 is 2.58 bits per heavy atom. The van der Waals surface area contributed by atoms with Crippen LogP contribution in [0.5, 0.6) is 5.75 Å². The fraction of sp³-hybridized carbons (Fsp3) is 0. The van der Waals surface area contributed by atoms with Crippen molar-refractivity contribution in [2.45, 2.75) is 0 Å². The molecule has 0 unspecified atom stereocenters. The van der Waals surface area contributed by atoms with Gasteiger partial charge in [-0.05, 0) is 12.1 Å². The molecule has 1 aromatic carbocycles. The van der Waals surface area contributed by atoms with Crippen LogP contribution in [0, 0.1) is 0 Å². The van der Waals surface area contributed by atoms with Crippen LogP contribution in [-0.4, -0.2) is 37.4 Å². The zero-order chi connectivity index (χ0) is 7.68. The fourth-order valence-corrected chi connectivity index (χ4v) is 1.09. The van der Waals surface area contributed by atoms with Gasteiger partial charge in [0.15, 0.2) is 0 Å². The molecule has 0 atom stereocenters. The van der Waals surface area contributed by atoms with Crippen LogP contribution in [0.2, 0.25) is 0 Å². The maximum absolute atomic E-state index is 9.31. The van der Waals surface area contributed by atoms with E-state index in [9.17, 15) is 5.11 Å². The molecule has 0 saturated heterocycles. The van der Waals surface area contributed by atoms with Crippen molar-refractivity contribution in [2.24, 2.45) is 0 Å². The first-order valence-electron chi connectivity index (χ1n) is 3.40. The molecular weight excluding hydrogens is 345 g/mol. The van der Waals surface area contributed by atoms with E-state index in [2.05, 4.69) is 4.98 Å². The average Bonchev–Trinajstić information content (AvgIpc) is 2.06. The molecule has 2 rings (SSSR count). The molecule has 1 aromatic heterocycles. The van der Waals surface area contributed by atoms with Crippen molar-refractivity contribution in [1.82, 2.24) is 4.98 Å². The fourth-order valence-electron chi connectivity index (χ4n) is 1.09. The second kappa shape index (κ2) is 3.84. The average molecular weight is 352 g/mol. The zero-order valence-corrected chi connectivity index (χ0v) is 10.2. The molecule has 0 saturated carbocycles. The van der Waals surface area contributed by atoms with Crippen LogP contribution in [-0.2, 0) is 0 Å². The van der Waals surface area contributed by atoms with E-state index in [0.717, 1.165) is 5.39 Å². The Morgan fingerprint density at radius 1 is 1.08 bits per heavy atom. The summed E-state index contributed by atoms with van der Waals surface area (Å²) in [4.78, 5) is 4.03. The van der Waals surface area contributed by atoms with Gasteiger partial charge in [0.25, 0.3) is 0 Å². The first kappa shape index (κ1) is 9.44. The molecule has 2 aromatic rings. The molecule has 0 aliphatic carbocycles. The van der Waals surface area contributed by atoms with E-state index in [0.29, 0.717) is 5.52 Å². The van der Waals surface area contributed by atoms with Crippen LogP contribution in [0.3, 0.4) is 0 Å². The molecule has 1 heterocycles. The molecule has 0 fully saturated rings. The van der Waals surface area contributed by atoms with Crippen LogP contribution < -0.4 is 0 Å². The number of benzene rings is 1. The number of phenolic OH excluding ortho intramolecular Hbond substituents is 1. The number of phenols is 1. The predicted molar refractivity (Wildman–Crippen MR) is 49.2 cm³/mol. The number of fused-ring (bicyclic) bond motifs is 1. The summed E-state index contributed by atoms with van der Waals surface area (Å²) in [5.74, 6) is 0.239. The topological polar surface area (TPSA) is 33.1 Å². The summed E-state index contributed by atoms with van der Waals surface area (Å²) in [6.07, 6.45) is 1.67. The number of aromatic hydroxyl groups is 1. The minimum absolute atomic E-state index is 0. The Balaban J connectivity index is 0.000000720. The van der Waals surface area contributed by atoms with Gasteiger partial charge in [0.2, 0.25) is 0 Å². The van der Waals surface area contributed by atoms with Crippen molar-refractivity contribution >= 4 is 38.2 Å². The second-order valence-corrected chi connectivity index (χ2v) is 2.35. The number of hydrogen-bond donors (Lipinski definition) is 1. The smallest absolute Gasteiger partial charge is 0.141 e. The number of pyridine rings is 1. The Bertz CT molecular complexity index is 384. The summed E-state index contributed by atoms with van der Waals surface area (Å²) < 4.78 is 0. The molecule has 12 heavy (non-hydrogen) atoms. The largest absolute Gasteiger partial charge is 0.506 e. The van der Waals surface area contributed by atoms with E-state index in [-0.39, 0.29) is 33.0 Å². The van der Waals surface area contributed by atoms with Crippen molar-refractivity contribution < 1.29 is 5.11 Å². The van der Waals surface area contributed by atoms with Gasteiger partial charge in [-0.1, -0.05) is 18.2 Å². The van der Waals surface area contributed by atoms with E-state index in [1.165, 1.54) is 0 Å². The molecule has 0 aliphatic heterocycles. The van der Waals surface area contributed by atoms with Crippen LogP contribution in [0.25, 0.3) is 10.9 Å². The molecule has 0 aliphatic rings. The standard InChI is InChI=1S/C9H7NO.Pb/c11-8-5-1-3-7-4-2-6-10-9(7)8;/h1-6,11H;. The Labute approximate surface area is 90.4 Å². The maximum atomic E-state index is 9.31. The zero-order valence-electron chi connectivity index (χ0n) is 6.36. The monoisotopic (exact) mass is 353 g/mol. The summed E-state index contributed by atoms with van der Waals surface area (Å²) in [5, 5.41) is 10.3. The van der Waals surface area contributed by atoms with Crippen molar-refractivity contribution in [3.05, 3.63) is 36.5 Å². The van der Waals surface area contributed by atoms with E-state index in [1.807, 2.05) is 18.2 Å². The van der Waals surface area contributed by atoms with Gasteiger partial charge in [-0.3, -0.25) is 4.98 Å². The summed E-state index contributed by atoms with van der Waals surface area (Å²) in [7, 11) is 0. The second-order valence-electron chi connectivity index (χ2n) is 2.35. The third-order valence-electron chi connectivity index (χ3n) is 1.61. The maximum Gasteiger partial charge on any atom is 0.141 e. The Kier molecular flexibility index (Phi) is 3.02. The predicted octanol–water partition coefficient (Wildman–Crippen LogP) is 1.56. The summed E-state index contributed by atoms with van der Waals surface area (Å²) in [6.45, 7) is 0. The molecule has 0 bridgehead atoms. The third kappa shape index (κ3) is 1.57. The van der Waals surface area contributed by atoms with Crippen molar-refractivity contribution in [1.29, 1.82) is 0 Å². The summed E-state index contributed by atoms with van der Waals surface area (Å²) >= 11 is 0. The van der Waals surface area contributed by atoms with E-state index >= 15 is 0 Å². The minimum Gasteiger partial charge on any atom is -0.506 e. The first-order valence-corrected chi connectivity index (χ1v) is 3.40. The van der Waals surface area contributed by atoms with Crippen molar-refractivity contribution in [2.75, 3.05) is 0 Å². The van der Waals surface area contributed by atoms with E-state index in [1.54, 1.807) is 18.3 Å². The van der Waals surface area contributed by atoms with E-state index < -0.39 is 0 Å². The normalized spacial score (nSPS) is 9.33. The van der Waals surface area contributed by atoms with Crippen LogP contribution in [0.4, 0.5) is 0 Å². The third-order valence-corrected chi connectivity index (χ3v) is 1.61. The minimum atomic E-state index is 0. The molecule has 0 spiro atoms. The molecule has 3 heteroatoms. The van der Waals surface area contributed by atoms with Gasteiger partial charge < -0.3 is 5.11 Å². The van der Waals surface area contributed by atoms with Gasteiger partial charge >= 0.3 is 0 Å². The summed E-state index contributed by atoms with van der Waals surface area (Å²) in [6, 6.07) is 9.13. The van der Waals surface area contributed by atoms with Crippen LogP contribution in [0.15, 0.2) is 36.5 Å². The summed E-state index contributed by atoms with van der Waals surface area (Å²) in [5.41, 5.74) is 0.662. The number of para-hydroxylation sites is 1. The van der Waals surface area contributed by atoms with E-state index in [4.69, 9.17) is 0 Å². The van der Waals surface area contributed by atoms with Gasteiger partial charge in [-0.2, -0.15) is 0 Å². The molecule has 58 valence electrons. The van der Waals surface area contributed by atoms with Crippen LogP contribution >= 0.6 is 0 Å². The molecule has 2 nitrogen and oxygen atoms in total. The Hall–Kier alpha value is -0.648. The Morgan fingerprint density at radius 2 is 1.83 bits per heavy atom. The first-order chi connectivity index (χ1) is 5.38. The quantitative estimate of drug-likeness (QED) is 0.730. The van der Waals surface area contributed by atoms with Gasteiger partial charge in [0, 0.05) is 38.9 Å². The van der Waals surface area contributed by atoms with Gasteiger partial charge in [0.1, 0.15) is 11.3 Å². The molecule has 1 N–H and O–H groups in total. The van der Waals surface area contributed by atoms with Crippen LogP contribution in [0.1, 0.15) is 0 Å². The molecule has 0 amide bonds. The number of hydrogen-bond acceptors (Lipinski definition) is 2. The number of rotatable bonds is 0.